The van der Waals surface area contributed by atoms with Gasteiger partial charge in [0.15, 0.2) is 0 Å². The molecule has 4 nitrogen and oxygen atoms in total. The van der Waals surface area contributed by atoms with Crippen LogP contribution in [0.3, 0.4) is 0 Å². The summed E-state index contributed by atoms with van der Waals surface area (Å²) in [5.74, 6) is 0.700. The van der Waals surface area contributed by atoms with Gasteiger partial charge < -0.3 is 15.4 Å². The Morgan fingerprint density at radius 3 is 2.90 bits per heavy atom. The third kappa shape index (κ3) is 4.79. The number of hydrogen-bond acceptors (Lipinski definition) is 3. The first-order valence-corrected chi connectivity index (χ1v) is 7.87. The Bertz CT molecular complexity index is 582. The largest absolute Gasteiger partial charge is 0.492 e. The highest BCUT2D eigenvalue weighted by Gasteiger charge is 2.07. The van der Waals surface area contributed by atoms with Crippen molar-refractivity contribution in [3.05, 3.63) is 46.2 Å². The first-order chi connectivity index (χ1) is 10.2. The van der Waals surface area contributed by atoms with Gasteiger partial charge in [-0.2, -0.15) is 0 Å². The van der Waals surface area contributed by atoms with Crippen LogP contribution in [-0.2, 0) is 6.42 Å². The van der Waals surface area contributed by atoms with Crippen molar-refractivity contribution >= 4 is 23.1 Å². The molecule has 1 heterocycles. The lowest BCUT2D eigenvalue weighted by atomic mass is 10.2. The second kappa shape index (κ2) is 7.69. The molecule has 1 aromatic heterocycles. The van der Waals surface area contributed by atoms with Gasteiger partial charge in [-0.15, -0.1) is 11.3 Å². The maximum absolute atomic E-state index is 11.9. The minimum atomic E-state index is -0.212. The molecule has 0 unspecified atom stereocenters. The number of amides is 2. The molecule has 0 radical (unpaired) electrons. The third-order valence-electron chi connectivity index (χ3n) is 2.92. The summed E-state index contributed by atoms with van der Waals surface area (Å²) in [6.07, 6.45) is 0.845. The second-order valence-electron chi connectivity index (χ2n) is 4.64. The van der Waals surface area contributed by atoms with E-state index >= 15 is 0 Å². The molecule has 112 valence electrons. The Balaban J connectivity index is 1.87. The van der Waals surface area contributed by atoms with Crippen LogP contribution in [-0.4, -0.2) is 19.2 Å². The predicted octanol–water partition coefficient (Wildman–Crippen LogP) is 3.82. The number of benzene rings is 1. The van der Waals surface area contributed by atoms with E-state index in [1.165, 1.54) is 4.88 Å². The van der Waals surface area contributed by atoms with Crippen molar-refractivity contribution in [1.29, 1.82) is 0 Å². The molecule has 2 rings (SSSR count). The Kier molecular flexibility index (Phi) is 5.63. The number of anilines is 1. The van der Waals surface area contributed by atoms with E-state index < -0.39 is 0 Å². The van der Waals surface area contributed by atoms with Crippen LogP contribution in [0.5, 0.6) is 5.75 Å². The first-order valence-electron chi connectivity index (χ1n) is 6.99. The summed E-state index contributed by atoms with van der Waals surface area (Å²) >= 11 is 1.70. The lowest BCUT2D eigenvalue weighted by molar-refractivity contribution is 0.252. The molecule has 0 bridgehead atoms. The maximum atomic E-state index is 11.9. The Hall–Kier alpha value is -2.01. The van der Waals surface area contributed by atoms with Gasteiger partial charge in [-0.05, 0) is 49.4 Å². The van der Waals surface area contributed by atoms with Gasteiger partial charge in [-0.3, -0.25) is 0 Å². The Morgan fingerprint density at radius 1 is 1.33 bits per heavy atom. The van der Waals surface area contributed by atoms with E-state index in [1.54, 1.807) is 11.3 Å². The van der Waals surface area contributed by atoms with E-state index in [4.69, 9.17) is 4.74 Å². The average molecular weight is 304 g/mol. The van der Waals surface area contributed by atoms with Crippen LogP contribution in [0.4, 0.5) is 10.5 Å². The number of nitrogens with one attached hydrogen (secondary N) is 2. The Labute approximate surface area is 129 Å². The summed E-state index contributed by atoms with van der Waals surface area (Å²) in [5.41, 5.74) is 1.79. The molecule has 2 N–H and O–H groups in total. The quantitative estimate of drug-likeness (QED) is 0.852. The molecule has 0 spiro atoms. The van der Waals surface area contributed by atoms with Crippen molar-refractivity contribution in [2.24, 2.45) is 0 Å². The number of aryl methyl sites for hydroxylation is 1. The molecule has 0 aliphatic rings. The van der Waals surface area contributed by atoms with E-state index in [9.17, 15) is 4.79 Å². The number of carbonyl (C=O) groups excluding carboxylic acids is 1. The van der Waals surface area contributed by atoms with Gasteiger partial charge in [0.05, 0.1) is 12.3 Å². The molecule has 2 aromatic rings. The SMILES string of the molecule is CCOc1cc(C)ccc1NC(=O)NCCc1cccs1. The number of rotatable bonds is 6. The standard InChI is InChI=1S/C16H20N2O2S/c1-3-20-15-11-12(2)6-7-14(15)18-16(19)17-9-8-13-5-4-10-21-13/h4-7,10-11H,3,8-9H2,1-2H3,(H2,17,18,19). The van der Waals surface area contributed by atoms with Crippen LogP contribution < -0.4 is 15.4 Å². The second-order valence-corrected chi connectivity index (χ2v) is 5.68. The van der Waals surface area contributed by atoms with Crippen molar-refractivity contribution in [3.63, 3.8) is 0 Å². The highest BCUT2D eigenvalue weighted by Crippen LogP contribution is 2.25. The molecule has 0 saturated heterocycles. The zero-order valence-corrected chi connectivity index (χ0v) is 13.1. The van der Waals surface area contributed by atoms with Crippen molar-refractivity contribution in [3.8, 4) is 5.75 Å². The molecular formula is C16H20N2O2S. The summed E-state index contributed by atoms with van der Waals surface area (Å²) < 4.78 is 5.54. The van der Waals surface area contributed by atoms with Crippen LogP contribution in [0.2, 0.25) is 0 Å². The predicted molar refractivity (Wildman–Crippen MR) is 87.4 cm³/mol. The van der Waals surface area contributed by atoms with Crippen LogP contribution in [0.1, 0.15) is 17.4 Å². The fourth-order valence-electron chi connectivity index (χ4n) is 1.93. The molecule has 0 atom stereocenters. The van der Waals surface area contributed by atoms with Gasteiger partial charge in [-0.25, -0.2) is 4.79 Å². The zero-order chi connectivity index (χ0) is 15.1. The molecular weight excluding hydrogens is 284 g/mol. The minimum absolute atomic E-state index is 0.212. The molecule has 0 fully saturated rings. The van der Waals surface area contributed by atoms with Crippen molar-refractivity contribution in [2.45, 2.75) is 20.3 Å². The van der Waals surface area contributed by atoms with Gasteiger partial charge in [-0.1, -0.05) is 12.1 Å². The van der Waals surface area contributed by atoms with Crippen LogP contribution in [0.25, 0.3) is 0 Å². The highest BCUT2D eigenvalue weighted by atomic mass is 32.1. The minimum Gasteiger partial charge on any atom is -0.492 e. The summed E-state index contributed by atoms with van der Waals surface area (Å²) in [6.45, 7) is 5.10. The van der Waals surface area contributed by atoms with Crippen LogP contribution in [0, 0.1) is 6.92 Å². The monoisotopic (exact) mass is 304 g/mol. The summed E-state index contributed by atoms with van der Waals surface area (Å²) in [7, 11) is 0. The summed E-state index contributed by atoms with van der Waals surface area (Å²) in [4.78, 5) is 13.2. The van der Waals surface area contributed by atoms with E-state index in [0.29, 0.717) is 24.6 Å². The number of carbonyl (C=O) groups is 1. The van der Waals surface area contributed by atoms with E-state index in [0.717, 1.165) is 12.0 Å². The van der Waals surface area contributed by atoms with E-state index in [-0.39, 0.29) is 6.03 Å². The topological polar surface area (TPSA) is 50.4 Å². The van der Waals surface area contributed by atoms with Crippen LogP contribution >= 0.6 is 11.3 Å². The fraction of sp³-hybridized carbons (Fsp3) is 0.312. The third-order valence-corrected chi connectivity index (χ3v) is 3.86. The van der Waals surface area contributed by atoms with Gasteiger partial charge in [0.25, 0.3) is 0 Å². The molecule has 0 saturated carbocycles. The lowest BCUT2D eigenvalue weighted by Gasteiger charge is -2.13. The van der Waals surface area contributed by atoms with Gasteiger partial charge >= 0.3 is 6.03 Å². The fourth-order valence-corrected chi connectivity index (χ4v) is 2.64. The lowest BCUT2D eigenvalue weighted by Crippen LogP contribution is -2.30. The molecule has 2 amide bonds. The first kappa shape index (κ1) is 15.4. The average Bonchev–Trinajstić information content (AvgIpc) is 2.95. The molecule has 1 aromatic carbocycles. The van der Waals surface area contributed by atoms with Gasteiger partial charge in [0.1, 0.15) is 5.75 Å². The number of urea groups is 1. The summed E-state index contributed by atoms with van der Waals surface area (Å²) in [6, 6.07) is 9.60. The maximum Gasteiger partial charge on any atom is 0.319 e. The van der Waals surface area contributed by atoms with E-state index in [1.807, 2.05) is 43.5 Å². The smallest absolute Gasteiger partial charge is 0.319 e. The van der Waals surface area contributed by atoms with E-state index in [2.05, 4.69) is 16.7 Å². The van der Waals surface area contributed by atoms with Crippen molar-refractivity contribution in [2.75, 3.05) is 18.5 Å². The van der Waals surface area contributed by atoms with Crippen molar-refractivity contribution in [1.82, 2.24) is 5.32 Å². The zero-order valence-electron chi connectivity index (χ0n) is 12.3. The van der Waals surface area contributed by atoms with Gasteiger partial charge in [0, 0.05) is 11.4 Å². The highest BCUT2D eigenvalue weighted by molar-refractivity contribution is 7.09. The summed E-state index contributed by atoms with van der Waals surface area (Å²) in [5, 5.41) is 7.72. The number of ether oxygens (including phenoxy) is 1. The molecule has 0 aliphatic carbocycles. The normalized spacial score (nSPS) is 10.2. The molecule has 0 aliphatic heterocycles. The number of hydrogen-bond donors (Lipinski definition) is 2. The van der Waals surface area contributed by atoms with Crippen LogP contribution in [0.15, 0.2) is 35.7 Å². The number of thiophene rings is 1. The van der Waals surface area contributed by atoms with Crippen molar-refractivity contribution < 1.29 is 9.53 Å². The molecule has 5 heteroatoms. The molecule has 21 heavy (non-hydrogen) atoms. The van der Waals surface area contributed by atoms with Gasteiger partial charge in [0.2, 0.25) is 0 Å². The Morgan fingerprint density at radius 2 is 2.19 bits per heavy atom.